The van der Waals surface area contributed by atoms with Crippen LogP contribution in [0.5, 0.6) is 5.75 Å². The van der Waals surface area contributed by atoms with Gasteiger partial charge in [0.25, 0.3) is 0 Å². The first kappa shape index (κ1) is 13.1. The zero-order valence-electron chi connectivity index (χ0n) is 10.7. The Kier molecular flexibility index (Phi) is 4.18. The fraction of sp³-hybridized carbons (Fsp3) is 0.286. The van der Waals surface area contributed by atoms with E-state index in [4.69, 9.17) is 9.84 Å². The summed E-state index contributed by atoms with van der Waals surface area (Å²) in [6.45, 7) is 2.36. The van der Waals surface area contributed by atoms with Gasteiger partial charge in [-0.3, -0.25) is 4.79 Å². The molecule has 1 aromatic heterocycles. The number of carbonyl (C=O) groups is 1. The molecule has 1 heterocycles. The molecule has 5 nitrogen and oxygen atoms in total. The highest BCUT2D eigenvalue weighted by atomic mass is 16.5. The summed E-state index contributed by atoms with van der Waals surface area (Å²) in [5.74, 6) is 0.669. The standard InChI is InChI=1S/C14H16N2O3/c1-10-2-5-12(6-3-10)19-9-13-15-8-11(16-13)4-7-14(17)18/h2-3,5-6,8H,4,7,9H2,1H3,(H,15,16)(H,17,18). The predicted octanol–water partition coefficient (Wildman–Crippen LogP) is 2.31. The van der Waals surface area contributed by atoms with Gasteiger partial charge in [0.15, 0.2) is 0 Å². The minimum absolute atomic E-state index is 0.0977. The van der Waals surface area contributed by atoms with Crippen LogP contribution in [-0.2, 0) is 17.8 Å². The van der Waals surface area contributed by atoms with Gasteiger partial charge in [-0.05, 0) is 25.5 Å². The molecule has 0 aliphatic heterocycles. The quantitative estimate of drug-likeness (QED) is 0.835. The number of hydrogen-bond donors (Lipinski definition) is 2. The Morgan fingerprint density at radius 2 is 2.11 bits per heavy atom. The summed E-state index contributed by atoms with van der Waals surface area (Å²) in [6.07, 6.45) is 2.20. The second-order valence-corrected chi connectivity index (χ2v) is 4.35. The van der Waals surface area contributed by atoms with Crippen molar-refractivity contribution >= 4 is 5.97 Å². The number of aromatic nitrogens is 2. The first-order valence-corrected chi connectivity index (χ1v) is 6.07. The first-order valence-electron chi connectivity index (χ1n) is 6.07. The van der Waals surface area contributed by atoms with Crippen molar-refractivity contribution in [2.75, 3.05) is 0 Å². The summed E-state index contributed by atoms with van der Waals surface area (Å²) in [5, 5.41) is 8.60. The van der Waals surface area contributed by atoms with Crippen LogP contribution in [0.1, 0.15) is 23.5 Å². The Hall–Kier alpha value is -2.30. The van der Waals surface area contributed by atoms with Crippen LogP contribution in [0, 0.1) is 6.92 Å². The van der Waals surface area contributed by atoms with Gasteiger partial charge in [-0.1, -0.05) is 17.7 Å². The van der Waals surface area contributed by atoms with Gasteiger partial charge in [-0.2, -0.15) is 0 Å². The maximum absolute atomic E-state index is 10.5. The van der Waals surface area contributed by atoms with Crippen molar-refractivity contribution in [3.05, 3.63) is 47.5 Å². The number of aliphatic carboxylic acids is 1. The van der Waals surface area contributed by atoms with Crippen molar-refractivity contribution in [1.82, 2.24) is 9.97 Å². The normalized spacial score (nSPS) is 10.4. The summed E-state index contributed by atoms with van der Waals surface area (Å²) in [7, 11) is 0. The van der Waals surface area contributed by atoms with Crippen LogP contribution < -0.4 is 4.74 Å². The molecule has 0 radical (unpaired) electrons. The average molecular weight is 260 g/mol. The highest BCUT2D eigenvalue weighted by Gasteiger charge is 2.04. The molecule has 0 bridgehead atoms. The number of H-pyrrole nitrogens is 1. The maximum atomic E-state index is 10.5. The van der Waals surface area contributed by atoms with E-state index in [0.29, 0.717) is 18.9 Å². The van der Waals surface area contributed by atoms with Crippen LogP contribution in [-0.4, -0.2) is 21.0 Å². The van der Waals surface area contributed by atoms with E-state index in [1.54, 1.807) is 6.20 Å². The Balaban J connectivity index is 1.86. The lowest BCUT2D eigenvalue weighted by atomic mass is 10.2. The first-order chi connectivity index (χ1) is 9.13. The Bertz CT molecular complexity index is 546. The van der Waals surface area contributed by atoms with E-state index < -0.39 is 5.97 Å². The number of aryl methyl sites for hydroxylation is 2. The molecular weight excluding hydrogens is 244 g/mol. The lowest BCUT2D eigenvalue weighted by Gasteiger charge is -2.04. The number of imidazole rings is 1. The molecule has 0 amide bonds. The number of ether oxygens (including phenoxy) is 1. The van der Waals surface area contributed by atoms with Gasteiger partial charge in [-0.25, -0.2) is 4.98 Å². The van der Waals surface area contributed by atoms with Crippen LogP contribution in [0.25, 0.3) is 0 Å². The molecule has 2 aromatic rings. The Labute approximate surface area is 111 Å². The molecule has 0 aliphatic carbocycles. The highest BCUT2D eigenvalue weighted by molar-refractivity contribution is 5.66. The summed E-state index contributed by atoms with van der Waals surface area (Å²) in [6, 6.07) is 7.78. The molecule has 0 atom stereocenters. The molecular formula is C14H16N2O3. The Morgan fingerprint density at radius 3 is 2.79 bits per heavy atom. The van der Waals surface area contributed by atoms with Gasteiger partial charge in [0.2, 0.25) is 0 Å². The number of hydrogen-bond acceptors (Lipinski definition) is 3. The van der Waals surface area contributed by atoms with Gasteiger partial charge in [-0.15, -0.1) is 0 Å². The van der Waals surface area contributed by atoms with Gasteiger partial charge in [0.1, 0.15) is 18.2 Å². The zero-order chi connectivity index (χ0) is 13.7. The van der Waals surface area contributed by atoms with Crippen molar-refractivity contribution in [2.24, 2.45) is 0 Å². The van der Waals surface area contributed by atoms with E-state index in [-0.39, 0.29) is 6.42 Å². The Morgan fingerprint density at radius 1 is 1.37 bits per heavy atom. The largest absolute Gasteiger partial charge is 0.486 e. The van der Waals surface area contributed by atoms with Crippen LogP contribution in [0.4, 0.5) is 0 Å². The van der Waals surface area contributed by atoms with E-state index >= 15 is 0 Å². The molecule has 0 fully saturated rings. The second-order valence-electron chi connectivity index (χ2n) is 4.35. The minimum atomic E-state index is -0.813. The van der Waals surface area contributed by atoms with Crippen molar-refractivity contribution in [3.8, 4) is 5.75 Å². The summed E-state index contributed by atoms with van der Waals surface area (Å²) in [4.78, 5) is 17.7. The van der Waals surface area contributed by atoms with Crippen LogP contribution >= 0.6 is 0 Å². The summed E-state index contributed by atoms with van der Waals surface area (Å²) >= 11 is 0. The third-order valence-electron chi connectivity index (χ3n) is 2.69. The molecule has 5 heteroatoms. The topological polar surface area (TPSA) is 75.2 Å². The third kappa shape index (κ3) is 4.13. The number of nitrogens with one attached hydrogen (secondary N) is 1. The third-order valence-corrected chi connectivity index (χ3v) is 2.69. The molecule has 0 unspecified atom stereocenters. The van der Waals surface area contributed by atoms with E-state index in [1.807, 2.05) is 31.2 Å². The number of benzene rings is 1. The smallest absolute Gasteiger partial charge is 0.303 e. The molecule has 19 heavy (non-hydrogen) atoms. The number of aromatic amines is 1. The van der Waals surface area contributed by atoms with Gasteiger partial charge < -0.3 is 14.8 Å². The monoisotopic (exact) mass is 260 g/mol. The molecule has 0 saturated heterocycles. The maximum Gasteiger partial charge on any atom is 0.303 e. The van der Waals surface area contributed by atoms with Crippen molar-refractivity contribution in [1.29, 1.82) is 0 Å². The molecule has 1 aromatic carbocycles. The minimum Gasteiger partial charge on any atom is -0.486 e. The predicted molar refractivity (Wildman–Crippen MR) is 70.1 cm³/mol. The van der Waals surface area contributed by atoms with Crippen LogP contribution in [0.15, 0.2) is 30.5 Å². The van der Waals surface area contributed by atoms with Gasteiger partial charge >= 0.3 is 5.97 Å². The van der Waals surface area contributed by atoms with Gasteiger partial charge in [0, 0.05) is 11.9 Å². The van der Waals surface area contributed by atoms with Gasteiger partial charge in [0.05, 0.1) is 6.42 Å². The van der Waals surface area contributed by atoms with Crippen LogP contribution in [0.3, 0.4) is 0 Å². The molecule has 2 rings (SSSR count). The molecule has 0 spiro atoms. The number of carboxylic acids is 1. The van der Waals surface area contributed by atoms with E-state index in [2.05, 4.69) is 9.97 Å². The molecule has 0 aliphatic rings. The fourth-order valence-corrected chi connectivity index (χ4v) is 1.63. The molecule has 2 N–H and O–H groups in total. The lowest BCUT2D eigenvalue weighted by molar-refractivity contribution is -0.136. The average Bonchev–Trinajstić information content (AvgIpc) is 2.84. The zero-order valence-corrected chi connectivity index (χ0v) is 10.7. The van der Waals surface area contributed by atoms with E-state index in [9.17, 15) is 4.79 Å². The lowest BCUT2D eigenvalue weighted by Crippen LogP contribution is -1.99. The number of rotatable bonds is 6. The fourth-order valence-electron chi connectivity index (χ4n) is 1.63. The summed E-state index contributed by atoms with van der Waals surface area (Å²) < 4.78 is 5.58. The highest BCUT2D eigenvalue weighted by Crippen LogP contribution is 2.13. The van der Waals surface area contributed by atoms with Crippen molar-refractivity contribution in [3.63, 3.8) is 0 Å². The molecule has 100 valence electrons. The second kappa shape index (κ2) is 6.04. The van der Waals surface area contributed by atoms with E-state index in [0.717, 1.165) is 11.4 Å². The van der Waals surface area contributed by atoms with E-state index in [1.165, 1.54) is 5.56 Å². The van der Waals surface area contributed by atoms with Crippen molar-refractivity contribution < 1.29 is 14.6 Å². The van der Waals surface area contributed by atoms with Crippen LogP contribution in [0.2, 0.25) is 0 Å². The SMILES string of the molecule is Cc1ccc(OCc2ncc(CCC(=O)O)[nH]2)cc1. The summed E-state index contributed by atoms with van der Waals surface area (Å²) in [5.41, 5.74) is 1.99. The number of nitrogens with zero attached hydrogens (tertiary/aromatic N) is 1. The molecule has 0 saturated carbocycles. The number of carboxylic acid groups (broad SMARTS) is 1. The van der Waals surface area contributed by atoms with Crippen molar-refractivity contribution in [2.45, 2.75) is 26.4 Å².